The van der Waals surface area contributed by atoms with Crippen LogP contribution in [-0.2, 0) is 4.79 Å². The van der Waals surface area contributed by atoms with E-state index >= 15 is 0 Å². The van der Waals surface area contributed by atoms with Crippen molar-refractivity contribution in [2.45, 2.75) is 38.3 Å². The van der Waals surface area contributed by atoms with Gasteiger partial charge in [0.2, 0.25) is 0 Å². The summed E-state index contributed by atoms with van der Waals surface area (Å²) in [6.07, 6.45) is 5.41. The van der Waals surface area contributed by atoms with Crippen LogP contribution in [0.5, 0.6) is 0 Å². The SMILES string of the molecule is O=C1CCC[N]C1N1CCCCC1. The van der Waals surface area contributed by atoms with Gasteiger partial charge in [-0.25, -0.2) is 5.32 Å². The zero-order valence-electron chi connectivity index (χ0n) is 8.04. The van der Waals surface area contributed by atoms with Gasteiger partial charge in [0.25, 0.3) is 0 Å². The third-order valence-corrected chi connectivity index (χ3v) is 2.91. The molecule has 0 bridgehead atoms. The maximum Gasteiger partial charge on any atom is 0.166 e. The third kappa shape index (κ3) is 2.09. The molecule has 73 valence electrons. The fourth-order valence-electron chi connectivity index (χ4n) is 2.18. The standard InChI is InChI=1S/C10H17N2O/c13-9-5-4-6-11-10(9)12-7-2-1-3-8-12/h10H,1-8H2. The summed E-state index contributed by atoms with van der Waals surface area (Å²) in [6.45, 7) is 3.02. The molecule has 3 nitrogen and oxygen atoms in total. The number of hydrogen-bond donors (Lipinski definition) is 0. The average molecular weight is 181 g/mol. The number of Topliss-reactive ketones (excluding diaryl/α,β-unsaturated/α-hetero) is 1. The van der Waals surface area contributed by atoms with Gasteiger partial charge in [-0.3, -0.25) is 9.69 Å². The summed E-state index contributed by atoms with van der Waals surface area (Å²) in [5.41, 5.74) is 0. The first-order valence-electron chi connectivity index (χ1n) is 5.31. The Hall–Kier alpha value is -0.410. The average Bonchev–Trinajstić information content (AvgIpc) is 2.20. The Labute approximate surface area is 79.5 Å². The predicted octanol–water partition coefficient (Wildman–Crippen LogP) is 0.766. The Bertz CT molecular complexity index is 187. The summed E-state index contributed by atoms with van der Waals surface area (Å²) in [7, 11) is 0. The van der Waals surface area contributed by atoms with E-state index in [9.17, 15) is 4.79 Å². The van der Waals surface area contributed by atoms with Crippen LogP contribution < -0.4 is 5.32 Å². The first-order valence-corrected chi connectivity index (χ1v) is 5.31. The molecule has 2 heterocycles. The van der Waals surface area contributed by atoms with E-state index in [1.165, 1.54) is 19.3 Å². The molecule has 0 amide bonds. The van der Waals surface area contributed by atoms with Crippen LogP contribution in [0, 0.1) is 0 Å². The lowest BCUT2D eigenvalue weighted by molar-refractivity contribution is -0.127. The number of hydrogen-bond acceptors (Lipinski definition) is 2. The highest BCUT2D eigenvalue weighted by molar-refractivity contribution is 5.84. The van der Waals surface area contributed by atoms with Crippen molar-refractivity contribution in [1.82, 2.24) is 10.2 Å². The minimum absolute atomic E-state index is 0.0750. The van der Waals surface area contributed by atoms with Crippen molar-refractivity contribution in [1.29, 1.82) is 0 Å². The smallest absolute Gasteiger partial charge is 0.166 e. The van der Waals surface area contributed by atoms with E-state index in [0.717, 1.165) is 32.5 Å². The van der Waals surface area contributed by atoms with Crippen molar-refractivity contribution in [3.63, 3.8) is 0 Å². The molecule has 0 aromatic carbocycles. The number of rotatable bonds is 1. The minimum atomic E-state index is -0.0750. The van der Waals surface area contributed by atoms with Crippen molar-refractivity contribution < 1.29 is 4.79 Å². The lowest BCUT2D eigenvalue weighted by Gasteiger charge is -2.34. The second-order valence-electron chi connectivity index (χ2n) is 3.95. The molecule has 2 aliphatic rings. The summed E-state index contributed by atoms with van der Waals surface area (Å²) in [6, 6.07) is 0. The molecule has 0 aromatic rings. The number of nitrogens with zero attached hydrogens (tertiary/aromatic N) is 2. The third-order valence-electron chi connectivity index (χ3n) is 2.91. The Morgan fingerprint density at radius 2 is 1.92 bits per heavy atom. The molecule has 2 aliphatic heterocycles. The Morgan fingerprint density at radius 3 is 2.62 bits per heavy atom. The van der Waals surface area contributed by atoms with Gasteiger partial charge in [0.15, 0.2) is 5.78 Å². The zero-order valence-corrected chi connectivity index (χ0v) is 8.04. The quantitative estimate of drug-likeness (QED) is 0.598. The normalized spacial score (nSPS) is 32.0. The minimum Gasteiger partial charge on any atom is -0.296 e. The van der Waals surface area contributed by atoms with Crippen LogP contribution in [0.2, 0.25) is 0 Å². The number of carbonyl (C=O) groups excluding carboxylic acids is 1. The first-order chi connectivity index (χ1) is 6.38. The van der Waals surface area contributed by atoms with Crippen molar-refractivity contribution in [3.05, 3.63) is 0 Å². The van der Waals surface area contributed by atoms with Gasteiger partial charge in [-0.1, -0.05) is 6.42 Å². The van der Waals surface area contributed by atoms with Crippen molar-refractivity contribution in [2.75, 3.05) is 19.6 Å². The predicted molar refractivity (Wildman–Crippen MR) is 50.5 cm³/mol. The number of ketones is 1. The van der Waals surface area contributed by atoms with Crippen molar-refractivity contribution >= 4 is 5.78 Å². The van der Waals surface area contributed by atoms with Gasteiger partial charge < -0.3 is 0 Å². The molecular weight excluding hydrogens is 164 g/mol. The van der Waals surface area contributed by atoms with Crippen LogP contribution in [0.1, 0.15) is 32.1 Å². The maximum absolute atomic E-state index is 11.6. The molecule has 13 heavy (non-hydrogen) atoms. The van der Waals surface area contributed by atoms with E-state index in [2.05, 4.69) is 10.2 Å². The van der Waals surface area contributed by atoms with E-state index in [0.29, 0.717) is 5.78 Å². The fraction of sp³-hybridized carbons (Fsp3) is 0.900. The molecular formula is C10H17N2O. The molecule has 1 unspecified atom stereocenters. The summed E-state index contributed by atoms with van der Waals surface area (Å²) < 4.78 is 0. The Kier molecular flexibility index (Phi) is 2.96. The molecule has 2 fully saturated rings. The van der Waals surface area contributed by atoms with E-state index in [1.54, 1.807) is 0 Å². The highest BCUT2D eigenvalue weighted by Gasteiger charge is 2.29. The molecule has 3 heteroatoms. The highest BCUT2D eigenvalue weighted by atomic mass is 16.1. The summed E-state index contributed by atoms with van der Waals surface area (Å²) in [5.74, 6) is 0.341. The van der Waals surface area contributed by atoms with Gasteiger partial charge in [-0.05, 0) is 19.3 Å². The second kappa shape index (κ2) is 4.20. The fourth-order valence-corrected chi connectivity index (χ4v) is 2.18. The van der Waals surface area contributed by atoms with Crippen LogP contribution in [0.4, 0.5) is 0 Å². The molecule has 0 saturated carbocycles. The molecule has 2 rings (SSSR count). The van der Waals surface area contributed by atoms with Gasteiger partial charge in [-0.15, -0.1) is 0 Å². The van der Waals surface area contributed by atoms with Crippen LogP contribution in [-0.4, -0.2) is 36.5 Å². The van der Waals surface area contributed by atoms with Crippen molar-refractivity contribution in [3.8, 4) is 0 Å². The highest BCUT2D eigenvalue weighted by Crippen LogP contribution is 2.15. The molecule has 1 atom stereocenters. The monoisotopic (exact) mass is 181 g/mol. The van der Waals surface area contributed by atoms with Gasteiger partial charge >= 0.3 is 0 Å². The van der Waals surface area contributed by atoms with Crippen LogP contribution in [0.15, 0.2) is 0 Å². The topological polar surface area (TPSA) is 34.4 Å². The number of piperidine rings is 2. The molecule has 0 N–H and O–H groups in total. The second-order valence-corrected chi connectivity index (χ2v) is 3.95. The molecule has 1 radical (unpaired) electrons. The number of likely N-dealkylation sites (tertiary alicyclic amines) is 1. The molecule has 0 aromatic heterocycles. The lowest BCUT2D eigenvalue weighted by atomic mass is 10.0. The molecule has 0 aliphatic carbocycles. The van der Waals surface area contributed by atoms with E-state index in [1.807, 2.05) is 0 Å². The van der Waals surface area contributed by atoms with Gasteiger partial charge in [-0.2, -0.15) is 0 Å². The Morgan fingerprint density at radius 1 is 1.15 bits per heavy atom. The van der Waals surface area contributed by atoms with Crippen LogP contribution in [0.3, 0.4) is 0 Å². The van der Waals surface area contributed by atoms with E-state index in [-0.39, 0.29) is 6.17 Å². The van der Waals surface area contributed by atoms with Gasteiger partial charge in [0.05, 0.1) is 0 Å². The van der Waals surface area contributed by atoms with Crippen molar-refractivity contribution in [2.24, 2.45) is 0 Å². The maximum atomic E-state index is 11.6. The summed E-state index contributed by atoms with van der Waals surface area (Å²) in [4.78, 5) is 13.8. The zero-order chi connectivity index (χ0) is 9.10. The van der Waals surface area contributed by atoms with Crippen LogP contribution in [0.25, 0.3) is 0 Å². The molecule has 2 saturated heterocycles. The summed E-state index contributed by atoms with van der Waals surface area (Å²) in [5, 5.41) is 4.41. The van der Waals surface area contributed by atoms with Gasteiger partial charge in [0, 0.05) is 26.1 Å². The van der Waals surface area contributed by atoms with Gasteiger partial charge in [0.1, 0.15) is 6.17 Å². The summed E-state index contributed by atoms with van der Waals surface area (Å²) >= 11 is 0. The Balaban J connectivity index is 1.92. The number of carbonyl (C=O) groups is 1. The van der Waals surface area contributed by atoms with Crippen LogP contribution >= 0.6 is 0 Å². The lowest BCUT2D eigenvalue weighted by Crippen LogP contribution is -2.51. The van der Waals surface area contributed by atoms with E-state index in [4.69, 9.17) is 0 Å². The molecule has 0 spiro atoms. The largest absolute Gasteiger partial charge is 0.296 e. The first kappa shape index (κ1) is 9.16. The van der Waals surface area contributed by atoms with E-state index < -0.39 is 0 Å².